The fourth-order valence-electron chi connectivity index (χ4n) is 3.96. The van der Waals surface area contributed by atoms with Crippen LogP contribution in [-0.4, -0.2) is 18.7 Å². The Morgan fingerprint density at radius 1 is 1.00 bits per heavy atom. The molecule has 0 amide bonds. The molecule has 0 spiro atoms. The number of benzene rings is 2. The van der Waals surface area contributed by atoms with Crippen LogP contribution in [0.3, 0.4) is 0 Å². The van der Waals surface area contributed by atoms with Gasteiger partial charge >= 0.3 is 11.9 Å². The van der Waals surface area contributed by atoms with Gasteiger partial charge in [0.05, 0.1) is 5.56 Å². The van der Waals surface area contributed by atoms with Gasteiger partial charge in [-0.05, 0) is 35.7 Å². The molecular weight excluding hydrogens is 469 g/mol. The van der Waals surface area contributed by atoms with E-state index >= 15 is 0 Å². The normalized spacial score (nSPS) is 11.9. The molecule has 4 rings (SSSR count). The first-order valence-electron chi connectivity index (χ1n) is 10.7. The molecular formula is C24H22ClF3N4O2. The molecule has 2 heterocycles. The zero-order valence-electron chi connectivity index (χ0n) is 18.6. The molecule has 2 aromatic heterocycles. The highest BCUT2D eigenvalue weighted by atomic mass is 35.5. The Labute approximate surface area is 197 Å². The van der Waals surface area contributed by atoms with Gasteiger partial charge in [0.15, 0.2) is 11.2 Å². The number of fused-ring (bicyclic) bond motifs is 1. The second kappa shape index (κ2) is 9.13. The summed E-state index contributed by atoms with van der Waals surface area (Å²) in [6, 6.07) is 12.0. The highest BCUT2D eigenvalue weighted by Gasteiger charge is 2.30. The van der Waals surface area contributed by atoms with Crippen molar-refractivity contribution < 1.29 is 13.2 Å². The van der Waals surface area contributed by atoms with Crippen LogP contribution >= 0.6 is 11.6 Å². The second-order valence-corrected chi connectivity index (χ2v) is 8.52. The highest BCUT2D eigenvalue weighted by Crippen LogP contribution is 2.30. The predicted octanol–water partition coefficient (Wildman–Crippen LogP) is 4.62. The highest BCUT2D eigenvalue weighted by molar-refractivity contribution is 6.30. The Balaban J connectivity index is 1.92. The topological polar surface area (TPSA) is 61.8 Å². The Bertz CT molecular complexity index is 1470. The lowest BCUT2D eigenvalue weighted by Crippen LogP contribution is -2.39. The summed E-state index contributed by atoms with van der Waals surface area (Å²) in [4.78, 5) is 30.6. The first-order valence-corrected chi connectivity index (χ1v) is 11.1. The molecule has 0 N–H and O–H groups in total. The molecule has 4 aromatic rings. The quantitative estimate of drug-likeness (QED) is 0.396. The maximum absolute atomic E-state index is 13.3. The summed E-state index contributed by atoms with van der Waals surface area (Å²) >= 11 is 6.00. The van der Waals surface area contributed by atoms with Gasteiger partial charge in [0.25, 0.3) is 5.56 Å². The van der Waals surface area contributed by atoms with Gasteiger partial charge in [-0.25, -0.2) is 9.78 Å². The fraction of sp³-hybridized carbons (Fsp3) is 0.292. The summed E-state index contributed by atoms with van der Waals surface area (Å²) in [5.74, 6) is 0.380. The monoisotopic (exact) mass is 490 g/mol. The zero-order valence-corrected chi connectivity index (χ0v) is 19.3. The first-order chi connectivity index (χ1) is 16.1. The molecule has 2 aromatic carbocycles. The van der Waals surface area contributed by atoms with Crippen molar-refractivity contribution in [1.29, 1.82) is 0 Å². The largest absolute Gasteiger partial charge is 0.416 e. The van der Waals surface area contributed by atoms with E-state index in [0.29, 0.717) is 22.8 Å². The standard InChI is InChI=1S/C24H22ClF3N4O2/c1-3-11-31-22(33)20-21(30(2)23(31)34)29-19(32(20)14-15-7-9-18(25)10-8-15)13-16-5-4-6-17(12-16)24(26,27)28/h4-10,12H,3,11,13-14H2,1-2H3. The summed E-state index contributed by atoms with van der Waals surface area (Å²) < 4.78 is 43.8. The van der Waals surface area contributed by atoms with Crippen molar-refractivity contribution >= 4 is 22.8 Å². The predicted molar refractivity (Wildman–Crippen MR) is 124 cm³/mol. The lowest BCUT2D eigenvalue weighted by atomic mass is 10.1. The summed E-state index contributed by atoms with van der Waals surface area (Å²) in [6.45, 7) is 2.35. The van der Waals surface area contributed by atoms with Crippen molar-refractivity contribution in [3.8, 4) is 0 Å². The third-order valence-electron chi connectivity index (χ3n) is 5.63. The molecule has 0 aliphatic heterocycles. The van der Waals surface area contributed by atoms with Gasteiger partial charge in [-0.1, -0.05) is 48.9 Å². The van der Waals surface area contributed by atoms with Crippen molar-refractivity contribution in [2.45, 2.75) is 39.0 Å². The molecule has 0 radical (unpaired) electrons. The molecule has 0 fully saturated rings. The summed E-state index contributed by atoms with van der Waals surface area (Å²) in [5.41, 5.74) is -0.0858. The van der Waals surface area contributed by atoms with E-state index in [9.17, 15) is 22.8 Å². The van der Waals surface area contributed by atoms with E-state index in [-0.39, 0.29) is 30.7 Å². The number of hydrogen-bond acceptors (Lipinski definition) is 3. The smallest absolute Gasteiger partial charge is 0.317 e. The molecule has 0 bridgehead atoms. The number of alkyl halides is 3. The van der Waals surface area contributed by atoms with Gasteiger partial charge in [0, 0.05) is 31.6 Å². The fourth-order valence-corrected chi connectivity index (χ4v) is 4.08. The number of rotatable bonds is 6. The number of aromatic nitrogens is 4. The molecule has 10 heteroatoms. The average Bonchev–Trinajstić information content (AvgIpc) is 3.14. The molecule has 0 saturated carbocycles. The van der Waals surface area contributed by atoms with Crippen LogP contribution in [0.1, 0.15) is 35.9 Å². The van der Waals surface area contributed by atoms with Gasteiger partial charge < -0.3 is 4.57 Å². The van der Waals surface area contributed by atoms with Gasteiger partial charge in [-0.15, -0.1) is 0 Å². The van der Waals surface area contributed by atoms with E-state index in [4.69, 9.17) is 11.6 Å². The molecule has 6 nitrogen and oxygen atoms in total. The van der Waals surface area contributed by atoms with E-state index in [0.717, 1.165) is 22.3 Å². The molecule has 0 unspecified atom stereocenters. The van der Waals surface area contributed by atoms with Crippen LogP contribution in [0.5, 0.6) is 0 Å². The van der Waals surface area contributed by atoms with Crippen LogP contribution < -0.4 is 11.2 Å². The van der Waals surface area contributed by atoms with Crippen molar-refractivity contribution in [2.75, 3.05) is 0 Å². The summed E-state index contributed by atoms with van der Waals surface area (Å²) in [6.07, 6.45) is -3.84. The van der Waals surface area contributed by atoms with Crippen LogP contribution in [0, 0.1) is 0 Å². The molecule has 0 saturated heterocycles. The lowest BCUT2D eigenvalue weighted by Gasteiger charge is -2.12. The van der Waals surface area contributed by atoms with Gasteiger partial charge in [0.2, 0.25) is 0 Å². The average molecular weight is 491 g/mol. The summed E-state index contributed by atoms with van der Waals surface area (Å²) in [7, 11) is 1.53. The lowest BCUT2D eigenvalue weighted by molar-refractivity contribution is -0.137. The molecule has 0 atom stereocenters. The zero-order chi connectivity index (χ0) is 24.6. The van der Waals surface area contributed by atoms with Gasteiger partial charge in [-0.3, -0.25) is 13.9 Å². The Morgan fingerprint density at radius 3 is 2.35 bits per heavy atom. The van der Waals surface area contributed by atoms with E-state index < -0.39 is 23.0 Å². The third kappa shape index (κ3) is 4.52. The number of halogens is 4. The molecule has 0 aliphatic carbocycles. The van der Waals surface area contributed by atoms with Crippen LogP contribution in [0.4, 0.5) is 13.2 Å². The van der Waals surface area contributed by atoms with Crippen LogP contribution in [0.15, 0.2) is 58.1 Å². The van der Waals surface area contributed by atoms with Crippen molar-refractivity contribution in [3.63, 3.8) is 0 Å². The van der Waals surface area contributed by atoms with Crippen LogP contribution in [0.2, 0.25) is 5.02 Å². The molecule has 178 valence electrons. The van der Waals surface area contributed by atoms with E-state index in [1.807, 2.05) is 6.92 Å². The Hall–Kier alpha value is -3.33. The van der Waals surface area contributed by atoms with Crippen molar-refractivity contribution in [1.82, 2.24) is 18.7 Å². The van der Waals surface area contributed by atoms with Crippen molar-refractivity contribution in [2.24, 2.45) is 7.05 Å². The minimum absolute atomic E-state index is 0.0492. The third-order valence-corrected chi connectivity index (χ3v) is 5.88. The summed E-state index contributed by atoms with van der Waals surface area (Å²) in [5, 5.41) is 0.552. The Kier molecular flexibility index (Phi) is 6.40. The number of hydrogen-bond donors (Lipinski definition) is 0. The molecule has 34 heavy (non-hydrogen) atoms. The minimum atomic E-state index is -4.47. The van der Waals surface area contributed by atoms with Crippen molar-refractivity contribution in [3.05, 3.63) is 96.9 Å². The number of imidazole rings is 1. The molecule has 0 aliphatic rings. The van der Waals surface area contributed by atoms with Crippen LogP contribution in [-0.2, 0) is 32.7 Å². The second-order valence-electron chi connectivity index (χ2n) is 8.09. The maximum atomic E-state index is 13.3. The Morgan fingerprint density at radius 2 is 1.71 bits per heavy atom. The minimum Gasteiger partial charge on any atom is -0.317 e. The van der Waals surface area contributed by atoms with Gasteiger partial charge in [-0.2, -0.15) is 13.2 Å². The number of nitrogens with zero attached hydrogens (tertiary/aromatic N) is 4. The van der Waals surface area contributed by atoms with E-state index in [2.05, 4.69) is 4.98 Å². The van der Waals surface area contributed by atoms with E-state index in [1.54, 1.807) is 34.9 Å². The first kappa shape index (κ1) is 23.8. The van der Waals surface area contributed by atoms with Gasteiger partial charge in [0.1, 0.15) is 5.82 Å². The van der Waals surface area contributed by atoms with E-state index in [1.165, 1.54) is 17.7 Å². The maximum Gasteiger partial charge on any atom is 0.416 e. The van der Waals surface area contributed by atoms with Crippen LogP contribution in [0.25, 0.3) is 11.2 Å². The SMILES string of the molecule is CCCn1c(=O)c2c(nc(Cc3cccc(C(F)(F)F)c3)n2Cc2ccc(Cl)cc2)n(C)c1=O. The number of aryl methyl sites for hydroxylation is 1.